The number of nitrogen functional groups attached to an aromatic ring is 1. The van der Waals surface area contributed by atoms with Crippen LogP contribution in [0.3, 0.4) is 0 Å². The van der Waals surface area contributed by atoms with E-state index in [0.29, 0.717) is 12.3 Å². The lowest BCUT2D eigenvalue weighted by Crippen LogP contribution is -2.15. The van der Waals surface area contributed by atoms with Crippen molar-refractivity contribution in [2.24, 2.45) is 5.84 Å². The van der Waals surface area contributed by atoms with E-state index in [9.17, 15) is 4.79 Å². The Kier molecular flexibility index (Phi) is 5.21. The number of anilines is 1. The zero-order chi connectivity index (χ0) is 10.6. The molecule has 0 aliphatic heterocycles. The number of hydrogen-bond donors (Lipinski definition) is 3. The fourth-order valence-electron chi connectivity index (χ4n) is 0.943. The van der Waals surface area contributed by atoms with Gasteiger partial charge in [0.2, 0.25) is 5.95 Å². The van der Waals surface area contributed by atoms with Crippen molar-refractivity contribution < 1.29 is 9.53 Å². The van der Waals surface area contributed by atoms with Gasteiger partial charge < -0.3 is 10.9 Å². The molecule has 0 bridgehead atoms. The SMILES string of the molecule is CCOC(=O)c1cc(C)nc(NN)n1.N. The minimum atomic E-state index is -0.477. The largest absolute Gasteiger partial charge is 0.461 e. The van der Waals surface area contributed by atoms with Crippen molar-refractivity contribution in [3.63, 3.8) is 0 Å². The van der Waals surface area contributed by atoms with Crippen molar-refractivity contribution in [2.75, 3.05) is 12.0 Å². The summed E-state index contributed by atoms with van der Waals surface area (Å²) >= 11 is 0. The Morgan fingerprint density at radius 3 is 2.80 bits per heavy atom. The molecule has 0 fully saturated rings. The molecule has 1 aromatic heterocycles. The minimum Gasteiger partial charge on any atom is -0.461 e. The molecule has 0 aromatic carbocycles. The van der Waals surface area contributed by atoms with Gasteiger partial charge in [0.1, 0.15) is 0 Å². The van der Waals surface area contributed by atoms with Gasteiger partial charge in [-0.05, 0) is 19.9 Å². The Balaban J connectivity index is 0.00000196. The van der Waals surface area contributed by atoms with E-state index in [1.54, 1.807) is 19.9 Å². The third-order valence-electron chi connectivity index (χ3n) is 1.47. The minimum absolute atomic E-state index is 0. The second-order valence-corrected chi connectivity index (χ2v) is 2.58. The Bertz CT molecular complexity index is 342. The first-order valence-electron chi connectivity index (χ1n) is 4.16. The van der Waals surface area contributed by atoms with Crippen LogP contribution < -0.4 is 17.4 Å². The fraction of sp³-hybridized carbons (Fsp3) is 0.375. The summed E-state index contributed by atoms with van der Waals surface area (Å²) in [6, 6.07) is 1.54. The number of ether oxygens (including phenoxy) is 1. The smallest absolute Gasteiger partial charge is 0.357 e. The molecule has 1 aromatic rings. The number of rotatable bonds is 3. The molecule has 0 amide bonds. The van der Waals surface area contributed by atoms with Gasteiger partial charge in [0.15, 0.2) is 5.69 Å². The maximum Gasteiger partial charge on any atom is 0.357 e. The number of carbonyl (C=O) groups excluding carboxylic acids is 1. The predicted molar refractivity (Wildman–Crippen MR) is 55.6 cm³/mol. The number of aromatic nitrogens is 2. The lowest BCUT2D eigenvalue weighted by atomic mass is 10.3. The highest BCUT2D eigenvalue weighted by Gasteiger charge is 2.10. The summed E-state index contributed by atoms with van der Waals surface area (Å²) in [7, 11) is 0. The summed E-state index contributed by atoms with van der Waals surface area (Å²) < 4.78 is 4.78. The summed E-state index contributed by atoms with van der Waals surface area (Å²) in [5.41, 5.74) is 3.13. The zero-order valence-electron chi connectivity index (χ0n) is 8.78. The molecule has 0 aliphatic rings. The maximum atomic E-state index is 11.3. The number of hydrogen-bond acceptors (Lipinski definition) is 7. The van der Waals surface area contributed by atoms with Crippen LogP contribution in [0, 0.1) is 6.92 Å². The van der Waals surface area contributed by atoms with Gasteiger partial charge in [0.05, 0.1) is 6.61 Å². The second-order valence-electron chi connectivity index (χ2n) is 2.58. The Labute approximate surface area is 87.6 Å². The quantitative estimate of drug-likeness (QED) is 0.377. The van der Waals surface area contributed by atoms with Gasteiger partial charge in [-0.2, -0.15) is 0 Å². The monoisotopic (exact) mass is 213 g/mol. The van der Waals surface area contributed by atoms with Gasteiger partial charge in [-0.1, -0.05) is 0 Å². The molecule has 7 heteroatoms. The predicted octanol–water partition coefficient (Wildman–Crippen LogP) is 0.409. The molecule has 15 heavy (non-hydrogen) atoms. The van der Waals surface area contributed by atoms with Crippen LogP contribution >= 0.6 is 0 Å². The summed E-state index contributed by atoms with van der Waals surface area (Å²) in [6.07, 6.45) is 0. The van der Waals surface area contributed by atoms with Gasteiger partial charge in [-0.3, -0.25) is 5.43 Å². The molecule has 0 saturated heterocycles. The van der Waals surface area contributed by atoms with Crippen molar-refractivity contribution in [1.82, 2.24) is 16.1 Å². The molecule has 0 aliphatic carbocycles. The lowest BCUT2D eigenvalue weighted by molar-refractivity contribution is 0.0519. The Morgan fingerprint density at radius 2 is 2.27 bits per heavy atom. The Morgan fingerprint density at radius 1 is 1.60 bits per heavy atom. The average Bonchev–Trinajstić information content (AvgIpc) is 2.17. The highest BCUT2D eigenvalue weighted by atomic mass is 16.5. The number of nitrogens with one attached hydrogen (secondary N) is 1. The fourth-order valence-corrected chi connectivity index (χ4v) is 0.943. The third kappa shape index (κ3) is 3.49. The standard InChI is InChI=1S/C8H12N4O2.H3N/c1-3-14-7(13)6-4-5(2)10-8(11-6)12-9;/h4H,3,9H2,1-2H3,(H,10,11,12);1H3. The van der Waals surface area contributed by atoms with Gasteiger partial charge in [0.25, 0.3) is 0 Å². The molecule has 1 rings (SSSR count). The topological polar surface area (TPSA) is 125 Å². The van der Waals surface area contributed by atoms with Gasteiger partial charge in [-0.25, -0.2) is 20.6 Å². The van der Waals surface area contributed by atoms with Crippen LogP contribution in [-0.4, -0.2) is 22.5 Å². The van der Waals surface area contributed by atoms with Crippen LogP contribution in [0.15, 0.2) is 6.07 Å². The average molecular weight is 213 g/mol. The molecule has 0 radical (unpaired) electrons. The van der Waals surface area contributed by atoms with Crippen molar-refractivity contribution >= 4 is 11.9 Å². The highest BCUT2D eigenvalue weighted by molar-refractivity contribution is 5.87. The van der Waals surface area contributed by atoms with Crippen molar-refractivity contribution in [3.05, 3.63) is 17.5 Å². The van der Waals surface area contributed by atoms with E-state index in [-0.39, 0.29) is 17.8 Å². The van der Waals surface area contributed by atoms with Crippen molar-refractivity contribution in [3.8, 4) is 0 Å². The van der Waals surface area contributed by atoms with E-state index in [0.717, 1.165) is 0 Å². The van der Waals surface area contributed by atoms with Crippen molar-refractivity contribution in [2.45, 2.75) is 13.8 Å². The summed E-state index contributed by atoms with van der Waals surface area (Å²) in [5, 5.41) is 0. The van der Waals surface area contributed by atoms with E-state index < -0.39 is 5.97 Å². The molecule has 0 spiro atoms. The normalized spacial score (nSPS) is 9.00. The zero-order valence-corrected chi connectivity index (χ0v) is 8.78. The molecule has 0 atom stereocenters. The first-order valence-corrected chi connectivity index (χ1v) is 4.16. The molecule has 7 nitrogen and oxygen atoms in total. The second kappa shape index (κ2) is 5.89. The van der Waals surface area contributed by atoms with Crippen molar-refractivity contribution in [1.29, 1.82) is 0 Å². The molecule has 0 unspecified atom stereocenters. The van der Waals surface area contributed by atoms with Crippen LogP contribution in [-0.2, 0) is 4.74 Å². The molecular weight excluding hydrogens is 198 g/mol. The van der Waals surface area contributed by atoms with Crippen LogP contribution in [0.1, 0.15) is 23.1 Å². The summed E-state index contributed by atoms with van der Waals surface area (Å²) in [4.78, 5) is 19.1. The van der Waals surface area contributed by atoms with Crippen LogP contribution in [0.2, 0.25) is 0 Å². The van der Waals surface area contributed by atoms with Crippen LogP contribution in [0.5, 0.6) is 0 Å². The molecule has 0 saturated carbocycles. The Hall–Kier alpha value is -1.73. The first-order chi connectivity index (χ1) is 6.67. The summed E-state index contributed by atoms with van der Waals surface area (Å²) in [5.74, 6) is 4.86. The van der Waals surface area contributed by atoms with E-state index in [4.69, 9.17) is 10.6 Å². The highest BCUT2D eigenvalue weighted by Crippen LogP contribution is 2.04. The summed E-state index contributed by atoms with van der Waals surface area (Å²) in [6.45, 7) is 3.78. The van der Waals surface area contributed by atoms with Gasteiger partial charge in [-0.15, -0.1) is 0 Å². The third-order valence-corrected chi connectivity index (χ3v) is 1.47. The number of nitrogens with zero attached hydrogens (tertiary/aromatic N) is 2. The van der Waals surface area contributed by atoms with Gasteiger partial charge >= 0.3 is 5.97 Å². The number of nitrogens with two attached hydrogens (primary N) is 1. The van der Waals surface area contributed by atoms with Crippen LogP contribution in [0.4, 0.5) is 5.95 Å². The maximum absolute atomic E-state index is 11.3. The van der Waals surface area contributed by atoms with E-state index >= 15 is 0 Å². The number of carbonyl (C=O) groups is 1. The van der Waals surface area contributed by atoms with E-state index in [2.05, 4.69) is 15.4 Å². The molecule has 6 N–H and O–H groups in total. The number of esters is 1. The first kappa shape index (κ1) is 13.3. The number of aryl methyl sites for hydroxylation is 1. The van der Waals surface area contributed by atoms with Crippen LogP contribution in [0.25, 0.3) is 0 Å². The number of hydrazine groups is 1. The van der Waals surface area contributed by atoms with Gasteiger partial charge in [0, 0.05) is 5.69 Å². The molecule has 1 heterocycles. The lowest BCUT2D eigenvalue weighted by Gasteiger charge is -2.04. The van der Waals surface area contributed by atoms with E-state index in [1.165, 1.54) is 0 Å². The van der Waals surface area contributed by atoms with E-state index in [1.807, 2.05) is 0 Å². The molecule has 84 valence electrons. The molecular formula is C8H15N5O2.